The van der Waals surface area contributed by atoms with Gasteiger partial charge in [0.2, 0.25) is 5.82 Å². The van der Waals surface area contributed by atoms with Gasteiger partial charge in [-0.05, 0) is 23.7 Å². The molecule has 1 heterocycles. The molecule has 21 heavy (non-hydrogen) atoms. The Kier molecular flexibility index (Phi) is 5.21. The van der Waals surface area contributed by atoms with Gasteiger partial charge >= 0.3 is 0 Å². The number of hydrogen-bond donors (Lipinski definition) is 1. The number of benzene rings is 1. The van der Waals surface area contributed by atoms with Gasteiger partial charge < -0.3 is 10.1 Å². The number of aryl methyl sites for hydroxylation is 1. The van der Waals surface area contributed by atoms with E-state index in [9.17, 15) is 4.39 Å². The summed E-state index contributed by atoms with van der Waals surface area (Å²) in [6.07, 6.45) is 0. The summed E-state index contributed by atoms with van der Waals surface area (Å²) in [5, 5.41) is 14.8. The number of nitrogens with zero attached hydrogens (tertiary/aromatic N) is 4. The largest absolute Gasteiger partial charge is 0.482 e. The van der Waals surface area contributed by atoms with Crippen LogP contribution in [0.25, 0.3) is 0 Å². The number of rotatable bonds is 7. The van der Waals surface area contributed by atoms with Crippen molar-refractivity contribution in [1.82, 2.24) is 25.5 Å². The zero-order chi connectivity index (χ0) is 15.2. The van der Waals surface area contributed by atoms with Gasteiger partial charge in [0.1, 0.15) is 0 Å². The summed E-state index contributed by atoms with van der Waals surface area (Å²) < 4.78 is 19.5. The Morgan fingerprint density at radius 3 is 2.86 bits per heavy atom. The Bertz CT molecular complexity index is 584. The second-order valence-corrected chi connectivity index (χ2v) is 5.24. The van der Waals surface area contributed by atoms with Crippen molar-refractivity contribution in [2.24, 2.45) is 13.0 Å². The fourth-order valence-electron chi connectivity index (χ4n) is 1.87. The van der Waals surface area contributed by atoms with Crippen LogP contribution >= 0.6 is 0 Å². The molecule has 0 unspecified atom stereocenters. The highest BCUT2D eigenvalue weighted by Gasteiger charge is 2.11. The molecule has 6 nitrogen and oxygen atoms in total. The summed E-state index contributed by atoms with van der Waals surface area (Å²) in [6, 6.07) is 4.90. The molecule has 0 radical (unpaired) electrons. The van der Waals surface area contributed by atoms with Crippen molar-refractivity contribution >= 4 is 0 Å². The first-order valence-corrected chi connectivity index (χ1v) is 6.90. The van der Waals surface area contributed by atoms with E-state index < -0.39 is 0 Å². The molecule has 0 aliphatic heterocycles. The number of nitrogens with one attached hydrogen (secondary N) is 1. The molecule has 0 aliphatic carbocycles. The lowest BCUT2D eigenvalue weighted by Gasteiger charge is -2.13. The zero-order valence-electron chi connectivity index (χ0n) is 12.5. The van der Waals surface area contributed by atoms with Crippen LogP contribution in [0.15, 0.2) is 18.2 Å². The summed E-state index contributed by atoms with van der Waals surface area (Å²) in [5.41, 5.74) is 0.777. The van der Waals surface area contributed by atoms with Crippen LogP contribution in [0.2, 0.25) is 0 Å². The van der Waals surface area contributed by atoms with Crippen LogP contribution < -0.4 is 10.1 Å². The maximum Gasteiger partial charge on any atom is 0.212 e. The first kappa shape index (κ1) is 15.4. The highest BCUT2D eigenvalue weighted by atomic mass is 19.1. The van der Waals surface area contributed by atoms with Crippen LogP contribution in [0.4, 0.5) is 4.39 Å². The maximum absolute atomic E-state index is 13.9. The lowest BCUT2D eigenvalue weighted by atomic mass is 10.1. The van der Waals surface area contributed by atoms with Crippen molar-refractivity contribution in [2.45, 2.75) is 27.0 Å². The predicted octanol–water partition coefficient (Wildman–Crippen LogP) is 1.67. The zero-order valence-corrected chi connectivity index (χ0v) is 12.5. The van der Waals surface area contributed by atoms with E-state index in [2.05, 4.69) is 34.6 Å². The molecule has 1 aromatic carbocycles. The van der Waals surface area contributed by atoms with E-state index in [1.807, 2.05) is 6.07 Å². The Labute approximate surface area is 123 Å². The summed E-state index contributed by atoms with van der Waals surface area (Å²) in [4.78, 5) is 1.34. The van der Waals surface area contributed by atoms with E-state index in [-0.39, 0.29) is 18.2 Å². The molecule has 0 aliphatic rings. The third kappa shape index (κ3) is 4.49. The van der Waals surface area contributed by atoms with Gasteiger partial charge in [-0.2, -0.15) is 4.80 Å². The molecule has 114 valence electrons. The Balaban J connectivity index is 2.02. The fraction of sp³-hybridized carbons (Fsp3) is 0.500. The highest BCUT2D eigenvalue weighted by Crippen LogP contribution is 2.23. The van der Waals surface area contributed by atoms with E-state index in [1.165, 1.54) is 10.9 Å². The molecular weight excluding hydrogens is 273 g/mol. The normalized spacial score (nSPS) is 11.1. The number of ether oxygens (including phenoxy) is 1. The number of aromatic nitrogens is 4. The average molecular weight is 293 g/mol. The number of hydrogen-bond acceptors (Lipinski definition) is 5. The van der Waals surface area contributed by atoms with Crippen molar-refractivity contribution < 1.29 is 9.13 Å². The highest BCUT2D eigenvalue weighted by molar-refractivity contribution is 5.34. The van der Waals surface area contributed by atoms with E-state index in [0.717, 1.165) is 12.1 Å². The van der Waals surface area contributed by atoms with Crippen molar-refractivity contribution in [3.63, 3.8) is 0 Å². The summed E-state index contributed by atoms with van der Waals surface area (Å²) in [7, 11) is 1.67. The summed E-state index contributed by atoms with van der Waals surface area (Å²) >= 11 is 0. The van der Waals surface area contributed by atoms with Gasteiger partial charge in [0, 0.05) is 12.1 Å². The minimum atomic E-state index is -0.386. The van der Waals surface area contributed by atoms with Gasteiger partial charge in [-0.3, -0.25) is 0 Å². The molecule has 0 spiro atoms. The van der Waals surface area contributed by atoms with Gasteiger partial charge in [-0.25, -0.2) is 4.39 Å². The van der Waals surface area contributed by atoms with Crippen LogP contribution in [-0.2, 0) is 20.2 Å². The number of tetrazole rings is 1. The lowest BCUT2D eigenvalue weighted by molar-refractivity contribution is 0.276. The monoisotopic (exact) mass is 293 g/mol. The molecule has 0 saturated carbocycles. The predicted molar refractivity (Wildman–Crippen MR) is 76.1 cm³/mol. The molecule has 1 aromatic heterocycles. The third-order valence-corrected chi connectivity index (χ3v) is 2.81. The summed E-state index contributed by atoms with van der Waals surface area (Å²) in [6.45, 7) is 5.75. The van der Waals surface area contributed by atoms with Crippen LogP contribution in [0, 0.1) is 11.7 Å². The first-order chi connectivity index (χ1) is 10.1. The molecule has 2 aromatic rings. The maximum atomic E-state index is 13.9. The molecule has 1 N–H and O–H groups in total. The molecule has 0 fully saturated rings. The SMILES string of the molecule is CC(C)CNCc1cccc(F)c1OCc1nnn(C)n1. The third-order valence-electron chi connectivity index (χ3n) is 2.81. The van der Waals surface area contributed by atoms with Gasteiger partial charge in [0.05, 0.1) is 7.05 Å². The first-order valence-electron chi connectivity index (χ1n) is 6.90. The minimum Gasteiger partial charge on any atom is -0.482 e. The van der Waals surface area contributed by atoms with E-state index in [0.29, 0.717) is 18.3 Å². The van der Waals surface area contributed by atoms with Gasteiger partial charge in [0.25, 0.3) is 0 Å². The molecule has 0 atom stereocenters. The quantitative estimate of drug-likeness (QED) is 0.841. The summed E-state index contributed by atoms with van der Waals surface area (Å²) in [5.74, 6) is 0.803. The average Bonchev–Trinajstić information content (AvgIpc) is 2.83. The molecular formula is C14H20FN5O. The standard InChI is InChI=1S/C14H20FN5O/c1-10(2)7-16-8-11-5-4-6-12(15)14(11)21-9-13-17-19-20(3)18-13/h4-6,10,16H,7-9H2,1-3H3. The van der Waals surface area contributed by atoms with Crippen molar-refractivity contribution in [1.29, 1.82) is 0 Å². The Hall–Kier alpha value is -2.02. The van der Waals surface area contributed by atoms with E-state index in [4.69, 9.17) is 4.74 Å². The molecule has 0 amide bonds. The number of para-hydroxylation sites is 1. The van der Waals surface area contributed by atoms with Crippen LogP contribution in [0.5, 0.6) is 5.75 Å². The van der Waals surface area contributed by atoms with Gasteiger partial charge in [-0.1, -0.05) is 26.0 Å². The fourth-order valence-corrected chi connectivity index (χ4v) is 1.87. The smallest absolute Gasteiger partial charge is 0.212 e. The molecule has 0 bridgehead atoms. The topological polar surface area (TPSA) is 64.9 Å². The van der Waals surface area contributed by atoms with Crippen molar-refractivity contribution in [2.75, 3.05) is 6.54 Å². The van der Waals surface area contributed by atoms with E-state index >= 15 is 0 Å². The lowest BCUT2D eigenvalue weighted by Crippen LogP contribution is -2.19. The Morgan fingerprint density at radius 1 is 1.38 bits per heavy atom. The minimum absolute atomic E-state index is 0.0892. The van der Waals surface area contributed by atoms with Crippen LogP contribution in [0.1, 0.15) is 25.2 Å². The Morgan fingerprint density at radius 2 is 2.19 bits per heavy atom. The molecule has 2 rings (SSSR count). The second kappa shape index (κ2) is 7.12. The van der Waals surface area contributed by atoms with Gasteiger partial charge in [0.15, 0.2) is 18.2 Å². The van der Waals surface area contributed by atoms with Crippen LogP contribution in [0.3, 0.4) is 0 Å². The van der Waals surface area contributed by atoms with Crippen LogP contribution in [-0.4, -0.2) is 26.8 Å². The molecule has 0 saturated heterocycles. The molecule has 7 heteroatoms. The van der Waals surface area contributed by atoms with Crippen molar-refractivity contribution in [3.8, 4) is 5.75 Å². The second-order valence-electron chi connectivity index (χ2n) is 5.24. The van der Waals surface area contributed by atoms with Gasteiger partial charge in [-0.15, -0.1) is 10.2 Å². The number of halogens is 1. The van der Waals surface area contributed by atoms with E-state index in [1.54, 1.807) is 13.1 Å². The van der Waals surface area contributed by atoms with Crippen molar-refractivity contribution in [3.05, 3.63) is 35.4 Å².